The summed E-state index contributed by atoms with van der Waals surface area (Å²) in [6.07, 6.45) is 1.48. The predicted octanol–water partition coefficient (Wildman–Crippen LogP) is -2.14. The van der Waals surface area contributed by atoms with E-state index in [4.69, 9.17) is 10.9 Å². The highest BCUT2D eigenvalue weighted by Crippen LogP contribution is 2.39. The van der Waals surface area contributed by atoms with E-state index >= 15 is 0 Å². The van der Waals surface area contributed by atoms with Crippen molar-refractivity contribution in [3.8, 4) is 11.4 Å². The highest BCUT2D eigenvalue weighted by Gasteiger charge is 2.35. The number of benzene rings is 1. The van der Waals surface area contributed by atoms with Crippen molar-refractivity contribution in [1.82, 2.24) is 30.7 Å². The molecule has 1 amide bonds. The molecule has 4 rings (SSSR count). The van der Waals surface area contributed by atoms with Gasteiger partial charge in [-0.1, -0.05) is 0 Å². The topological polar surface area (TPSA) is 219 Å². The number of rotatable bonds is 7. The molecule has 1 atom stereocenters. The molecule has 2 aliphatic heterocycles. The van der Waals surface area contributed by atoms with E-state index in [1.165, 1.54) is 12.1 Å². The Kier molecular flexibility index (Phi) is 6.37. The fourth-order valence-electron chi connectivity index (χ4n) is 4.24. The number of primary amides is 1. The number of aromatic nitrogens is 4. The minimum absolute atomic E-state index is 0.0730. The molecule has 2 aliphatic rings. The molecule has 7 N–H and O–H groups in total. The van der Waals surface area contributed by atoms with Crippen LogP contribution in [0.5, 0.6) is 0 Å². The molecule has 2 fully saturated rings. The van der Waals surface area contributed by atoms with Gasteiger partial charge in [-0.15, -0.1) is 10.2 Å². The Morgan fingerprint density at radius 3 is 2.42 bits per heavy atom. The molecule has 0 bridgehead atoms. The first-order valence-corrected chi connectivity index (χ1v) is 13.3. The number of carbonyl (C=O) groups is 1. The molecule has 3 heterocycles. The van der Waals surface area contributed by atoms with Gasteiger partial charge >= 0.3 is 0 Å². The van der Waals surface area contributed by atoms with Crippen LogP contribution in [-0.2, 0) is 24.8 Å². The summed E-state index contributed by atoms with van der Waals surface area (Å²) in [6, 6.07) is 2.32. The van der Waals surface area contributed by atoms with Gasteiger partial charge in [-0.3, -0.25) is 4.79 Å². The van der Waals surface area contributed by atoms with Gasteiger partial charge in [0.05, 0.1) is 5.56 Å². The Labute approximate surface area is 190 Å². The van der Waals surface area contributed by atoms with E-state index in [9.17, 15) is 21.6 Å². The molecular formula is C17H25N9O5S2. The summed E-state index contributed by atoms with van der Waals surface area (Å²) in [5.41, 5.74) is 5.70. The second-order valence-electron chi connectivity index (χ2n) is 8.04. The molecule has 0 saturated carbocycles. The van der Waals surface area contributed by atoms with Crippen LogP contribution in [-0.4, -0.2) is 75.6 Å². The number of hydrogen-bond donors (Lipinski definition) is 5. The molecule has 0 unspecified atom stereocenters. The highest BCUT2D eigenvalue weighted by atomic mass is 32.2. The van der Waals surface area contributed by atoms with Gasteiger partial charge in [0.25, 0.3) is 0 Å². The first-order chi connectivity index (χ1) is 15.6. The number of piperidine rings is 1. The first-order valence-electron chi connectivity index (χ1n) is 10.3. The zero-order valence-electron chi connectivity index (χ0n) is 17.6. The third-order valence-electron chi connectivity index (χ3n) is 5.86. The van der Waals surface area contributed by atoms with Crippen LogP contribution in [0.2, 0.25) is 0 Å². The lowest BCUT2D eigenvalue weighted by atomic mass is 9.95. The second kappa shape index (κ2) is 8.94. The average molecular weight is 500 g/mol. The van der Waals surface area contributed by atoms with Crippen LogP contribution in [0.25, 0.3) is 11.4 Å². The number of primary sulfonamides is 1. The number of hydrogen-bond acceptors (Lipinski definition) is 10. The maximum atomic E-state index is 13.2. The van der Waals surface area contributed by atoms with E-state index in [-0.39, 0.29) is 23.3 Å². The van der Waals surface area contributed by atoms with Crippen LogP contribution in [0.1, 0.15) is 19.3 Å². The van der Waals surface area contributed by atoms with E-state index < -0.39 is 35.7 Å². The minimum atomic E-state index is -4.55. The summed E-state index contributed by atoms with van der Waals surface area (Å²) >= 11 is 0. The van der Waals surface area contributed by atoms with E-state index in [0.29, 0.717) is 51.1 Å². The van der Waals surface area contributed by atoms with Crippen LogP contribution in [0.4, 0.5) is 5.69 Å². The maximum absolute atomic E-state index is 13.2. The number of tetrazole rings is 1. The van der Waals surface area contributed by atoms with Crippen molar-refractivity contribution in [2.75, 3.05) is 31.1 Å². The fourth-order valence-corrected chi connectivity index (χ4v) is 7.10. The molecule has 1 aromatic heterocycles. The fraction of sp³-hybridized carbons (Fsp3) is 0.529. The van der Waals surface area contributed by atoms with Gasteiger partial charge < -0.3 is 16.0 Å². The standard InChI is InChI=1S/C17H25N9O5S2/c18-16(27)10-4-7-26(8-5-10)12-1-2-13(33(30,31)23-11-3-6-20-9-11)15(32(19,28)29)14(12)17-21-24-25-22-17/h1-2,10-11,20,23H,3-9H2,(H2,18,27)(H2,19,28,29)(H,21,22,24,25)/t11-/m1/s1. The van der Waals surface area contributed by atoms with Gasteiger partial charge in [0.2, 0.25) is 31.8 Å². The summed E-state index contributed by atoms with van der Waals surface area (Å²) in [6.45, 7) is 1.85. The van der Waals surface area contributed by atoms with Crippen LogP contribution in [0.15, 0.2) is 21.9 Å². The lowest BCUT2D eigenvalue weighted by Crippen LogP contribution is -2.39. The normalized spacial score (nSPS) is 20.3. The second-order valence-corrected chi connectivity index (χ2v) is 11.2. The summed E-state index contributed by atoms with van der Waals surface area (Å²) in [5, 5.41) is 22.1. The Morgan fingerprint density at radius 1 is 1.15 bits per heavy atom. The molecule has 0 radical (unpaired) electrons. The van der Waals surface area contributed by atoms with Gasteiger partial charge in [0, 0.05) is 37.3 Å². The van der Waals surface area contributed by atoms with Gasteiger partial charge in [0.15, 0.2) is 0 Å². The monoisotopic (exact) mass is 499 g/mol. The van der Waals surface area contributed by atoms with Crippen molar-refractivity contribution in [2.24, 2.45) is 16.8 Å². The van der Waals surface area contributed by atoms with Crippen molar-refractivity contribution in [2.45, 2.75) is 35.1 Å². The minimum Gasteiger partial charge on any atom is -0.371 e. The molecule has 0 spiro atoms. The number of nitrogens with one attached hydrogen (secondary N) is 3. The number of H-pyrrole nitrogens is 1. The molecule has 14 nitrogen and oxygen atoms in total. The molecule has 1 aromatic carbocycles. The third kappa shape index (κ3) is 4.84. The third-order valence-corrected chi connectivity index (χ3v) is 8.55. The Balaban J connectivity index is 1.85. The highest BCUT2D eigenvalue weighted by molar-refractivity contribution is 7.92. The summed E-state index contributed by atoms with van der Waals surface area (Å²) in [4.78, 5) is 12.2. The van der Waals surface area contributed by atoms with Crippen LogP contribution in [0.3, 0.4) is 0 Å². The predicted molar refractivity (Wildman–Crippen MR) is 117 cm³/mol. The summed E-state index contributed by atoms with van der Waals surface area (Å²) < 4.78 is 54.4. The van der Waals surface area contributed by atoms with E-state index in [1.54, 1.807) is 0 Å². The molecule has 2 saturated heterocycles. The van der Waals surface area contributed by atoms with Crippen molar-refractivity contribution in [1.29, 1.82) is 0 Å². The maximum Gasteiger partial charge on any atom is 0.242 e. The summed E-state index contributed by atoms with van der Waals surface area (Å²) in [7, 11) is -8.80. The molecule has 2 aromatic rings. The van der Waals surface area contributed by atoms with Gasteiger partial charge in [-0.05, 0) is 43.2 Å². The quantitative estimate of drug-likeness (QED) is 0.278. The largest absolute Gasteiger partial charge is 0.371 e. The lowest BCUT2D eigenvalue weighted by molar-refractivity contribution is -0.122. The number of aromatic amines is 1. The first kappa shape index (κ1) is 23.5. The number of sulfonamides is 2. The molecular weight excluding hydrogens is 474 g/mol. The van der Waals surface area contributed by atoms with Crippen LogP contribution in [0, 0.1) is 5.92 Å². The molecule has 33 heavy (non-hydrogen) atoms. The van der Waals surface area contributed by atoms with Crippen molar-refractivity contribution < 1.29 is 21.6 Å². The lowest BCUT2D eigenvalue weighted by Gasteiger charge is -2.34. The van der Waals surface area contributed by atoms with Crippen molar-refractivity contribution in [3.05, 3.63) is 12.1 Å². The zero-order chi connectivity index (χ0) is 23.8. The number of nitrogens with zero attached hydrogens (tertiary/aromatic N) is 4. The summed E-state index contributed by atoms with van der Waals surface area (Å²) in [5.74, 6) is -0.811. The van der Waals surface area contributed by atoms with Gasteiger partial charge in [-0.2, -0.15) is 5.21 Å². The Morgan fingerprint density at radius 2 is 1.88 bits per heavy atom. The molecule has 16 heteroatoms. The molecule has 180 valence electrons. The van der Waals surface area contributed by atoms with Crippen molar-refractivity contribution in [3.63, 3.8) is 0 Å². The van der Waals surface area contributed by atoms with Crippen molar-refractivity contribution >= 4 is 31.6 Å². The number of amides is 1. The number of nitrogens with two attached hydrogens (primary N) is 2. The van der Waals surface area contributed by atoms with Gasteiger partial charge in [-0.25, -0.2) is 26.7 Å². The Bertz CT molecular complexity index is 1230. The number of carbonyl (C=O) groups excluding carboxylic acids is 1. The van der Waals surface area contributed by atoms with E-state index in [1.807, 2.05) is 4.90 Å². The average Bonchev–Trinajstić information content (AvgIpc) is 3.46. The van der Waals surface area contributed by atoms with E-state index in [2.05, 4.69) is 30.7 Å². The van der Waals surface area contributed by atoms with Crippen LogP contribution < -0.4 is 25.8 Å². The van der Waals surface area contributed by atoms with E-state index in [0.717, 1.165) is 0 Å². The number of anilines is 1. The molecule has 0 aliphatic carbocycles. The zero-order valence-corrected chi connectivity index (χ0v) is 19.2. The Hall–Kier alpha value is -2.66. The van der Waals surface area contributed by atoms with Crippen LogP contribution >= 0.6 is 0 Å². The smallest absolute Gasteiger partial charge is 0.242 e. The van der Waals surface area contributed by atoms with Gasteiger partial charge in [0.1, 0.15) is 9.79 Å². The SMILES string of the molecule is NC(=O)C1CCN(c2ccc(S(=O)(=O)N[C@@H]3CCNC3)c(S(N)(=O)=O)c2-c2nn[nH]n2)CC1.